The molecule has 2 aromatic rings. The Balaban J connectivity index is 0.000000336. The van der Waals surface area contributed by atoms with Crippen molar-refractivity contribution in [3.63, 3.8) is 0 Å². The van der Waals surface area contributed by atoms with Gasteiger partial charge < -0.3 is 0 Å². The second-order valence-electron chi connectivity index (χ2n) is 1.92. The molecule has 0 atom stereocenters. The molecule has 0 fully saturated rings. The Morgan fingerprint density at radius 3 is 2.50 bits per heavy atom. The number of aryl methyl sites for hydroxylation is 1. The monoisotopic (exact) mass is 181 g/mol. The summed E-state index contributed by atoms with van der Waals surface area (Å²) in [6.07, 6.45) is 3.33. The summed E-state index contributed by atoms with van der Waals surface area (Å²) >= 11 is 1.57. The lowest BCUT2D eigenvalue weighted by atomic mass is 10.7. The van der Waals surface area contributed by atoms with Gasteiger partial charge in [-0.1, -0.05) is 25.2 Å². The van der Waals surface area contributed by atoms with Gasteiger partial charge in [-0.2, -0.15) is 0 Å². The Hall–Kier alpha value is -1.03. The molecule has 3 nitrogen and oxygen atoms in total. The molecule has 0 aliphatic heterocycles. The highest BCUT2D eigenvalue weighted by Gasteiger charge is 1.98. The van der Waals surface area contributed by atoms with Crippen molar-refractivity contribution >= 4 is 21.8 Å². The molecule has 2 heterocycles. The number of hydrogen-bond donors (Lipinski definition) is 0. The van der Waals surface area contributed by atoms with E-state index in [1.807, 2.05) is 20.8 Å². The van der Waals surface area contributed by atoms with Crippen LogP contribution in [0.15, 0.2) is 12.4 Å². The molecule has 0 bridgehead atoms. The molecule has 0 saturated heterocycles. The summed E-state index contributed by atoms with van der Waals surface area (Å²) in [5.41, 5.74) is 0.755. The highest BCUT2D eigenvalue weighted by molar-refractivity contribution is 7.18. The van der Waals surface area contributed by atoms with Crippen molar-refractivity contribution in [2.75, 3.05) is 0 Å². The molecule has 0 spiro atoms. The molecule has 0 amide bonds. The number of aromatic nitrogens is 3. The van der Waals surface area contributed by atoms with Crippen LogP contribution in [0.5, 0.6) is 0 Å². The van der Waals surface area contributed by atoms with Gasteiger partial charge in [-0.05, 0) is 6.92 Å². The van der Waals surface area contributed by atoms with Gasteiger partial charge in [0.2, 0.25) is 0 Å². The average Bonchev–Trinajstić information content (AvgIpc) is 2.48. The van der Waals surface area contributed by atoms with Crippen molar-refractivity contribution in [2.24, 2.45) is 0 Å². The van der Waals surface area contributed by atoms with Gasteiger partial charge in [0.25, 0.3) is 0 Å². The summed E-state index contributed by atoms with van der Waals surface area (Å²) in [5.74, 6) is 0. The van der Waals surface area contributed by atoms with Crippen molar-refractivity contribution in [3.8, 4) is 0 Å². The van der Waals surface area contributed by atoms with Gasteiger partial charge >= 0.3 is 0 Å². The maximum absolute atomic E-state index is 4.16. The number of thiazole rings is 1. The van der Waals surface area contributed by atoms with E-state index in [0.29, 0.717) is 0 Å². The first-order valence-corrected chi connectivity index (χ1v) is 4.72. The molecule has 0 saturated carbocycles. The number of rotatable bonds is 0. The largest absolute Gasteiger partial charge is 0.240 e. The lowest BCUT2D eigenvalue weighted by molar-refractivity contribution is 1.23. The van der Waals surface area contributed by atoms with Crippen molar-refractivity contribution in [3.05, 3.63) is 17.4 Å². The zero-order valence-electron chi connectivity index (χ0n) is 7.40. The molecule has 0 unspecified atom stereocenters. The Labute approximate surface area is 75.5 Å². The third-order valence-corrected chi connectivity index (χ3v) is 2.02. The Morgan fingerprint density at radius 1 is 1.17 bits per heavy atom. The minimum atomic E-state index is 0.755. The standard InChI is InChI=1S/C6H5N3S.C2H6/c1-4-9-5-6(10-4)8-3-2-7-5;1-2/h2-3H,1H3;1-2H3. The van der Waals surface area contributed by atoms with Crippen LogP contribution in [-0.4, -0.2) is 15.0 Å². The predicted octanol–water partition coefficient (Wildman–Crippen LogP) is 2.42. The van der Waals surface area contributed by atoms with Gasteiger partial charge in [-0.3, -0.25) is 0 Å². The zero-order valence-corrected chi connectivity index (χ0v) is 8.22. The van der Waals surface area contributed by atoms with Crippen molar-refractivity contribution < 1.29 is 0 Å². The Bertz CT molecular complexity index is 323. The summed E-state index contributed by atoms with van der Waals surface area (Å²) in [6, 6.07) is 0. The van der Waals surface area contributed by atoms with E-state index in [-0.39, 0.29) is 0 Å². The molecule has 0 aromatic carbocycles. The molecular formula is C8H11N3S. The molecular weight excluding hydrogens is 170 g/mol. The summed E-state index contributed by atoms with van der Waals surface area (Å²) in [6.45, 7) is 5.95. The number of fused-ring (bicyclic) bond motifs is 1. The van der Waals surface area contributed by atoms with Crippen LogP contribution < -0.4 is 0 Å². The molecule has 12 heavy (non-hydrogen) atoms. The van der Waals surface area contributed by atoms with Crippen molar-refractivity contribution in [1.29, 1.82) is 0 Å². The molecule has 2 rings (SSSR count). The lowest BCUT2D eigenvalue weighted by Gasteiger charge is -1.79. The summed E-state index contributed by atoms with van der Waals surface area (Å²) in [5, 5.41) is 1.02. The van der Waals surface area contributed by atoms with E-state index in [9.17, 15) is 0 Å². The maximum Gasteiger partial charge on any atom is 0.189 e. The van der Waals surface area contributed by atoms with Crippen molar-refractivity contribution in [2.45, 2.75) is 20.8 Å². The van der Waals surface area contributed by atoms with Gasteiger partial charge in [0.15, 0.2) is 10.5 Å². The predicted molar refractivity (Wildman–Crippen MR) is 51.3 cm³/mol. The molecule has 0 aliphatic carbocycles. The Kier molecular flexibility index (Phi) is 3.10. The van der Waals surface area contributed by atoms with E-state index in [0.717, 1.165) is 15.5 Å². The number of nitrogens with zero attached hydrogens (tertiary/aromatic N) is 3. The SMILES string of the molecule is CC.Cc1nc2nccnc2s1. The second-order valence-corrected chi connectivity index (χ2v) is 3.10. The van der Waals surface area contributed by atoms with Crippen molar-refractivity contribution in [1.82, 2.24) is 15.0 Å². The number of hydrogen-bond acceptors (Lipinski definition) is 4. The molecule has 64 valence electrons. The average molecular weight is 181 g/mol. The van der Waals surface area contributed by atoms with Crippen LogP contribution in [0.1, 0.15) is 18.9 Å². The first-order valence-electron chi connectivity index (χ1n) is 3.90. The van der Waals surface area contributed by atoms with E-state index >= 15 is 0 Å². The fourth-order valence-corrected chi connectivity index (χ4v) is 1.49. The minimum absolute atomic E-state index is 0.755. The first-order chi connectivity index (χ1) is 5.86. The molecule has 0 aliphatic rings. The normalized spacial score (nSPS) is 9.25. The van der Waals surface area contributed by atoms with Crippen LogP contribution in [0.25, 0.3) is 10.5 Å². The van der Waals surface area contributed by atoms with Gasteiger partial charge in [0, 0.05) is 12.4 Å². The van der Waals surface area contributed by atoms with Gasteiger partial charge in [-0.15, -0.1) is 0 Å². The fourth-order valence-electron chi connectivity index (χ4n) is 0.778. The van der Waals surface area contributed by atoms with Crippen LogP contribution in [0.3, 0.4) is 0 Å². The van der Waals surface area contributed by atoms with E-state index in [1.54, 1.807) is 23.7 Å². The van der Waals surface area contributed by atoms with Crippen LogP contribution in [-0.2, 0) is 0 Å². The van der Waals surface area contributed by atoms with Crippen LogP contribution in [0, 0.1) is 6.92 Å². The Morgan fingerprint density at radius 2 is 1.83 bits per heavy atom. The summed E-state index contributed by atoms with van der Waals surface area (Å²) in [7, 11) is 0. The molecule has 0 N–H and O–H groups in total. The molecule has 0 radical (unpaired) electrons. The lowest BCUT2D eigenvalue weighted by Crippen LogP contribution is -1.76. The van der Waals surface area contributed by atoms with E-state index in [1.165, 1.54) is 0 Å². The summed E-state index contributed by atoms with van der Waals surface area (Å²) in [4.78, 5) is 13.2. The van der Waals surface area contributed by atoms with Gasteiger partial charge in [0.1, 0.15) is 0 Å². The smallest absolute Gasteiger partial charge is 0.189 e. The maximum atomic E-state index is 4.16. The van der Waals surface area contributed by atoms with E-state index < -0.39 is 0 Å². The second kappa shape index (κ2) is 4.11. The van der Waals surface area contributed by atoms with E-state index in [2.05, 4.69) is 15.0 Å². The quantitative estimate of drug-likeness (QED) is 0.626. The van der Waals surface area contributed by atoms with E-state index in [4.69, 9.17) is 0 Å². The molecule has 4 heteroatoms. The zero-order chi connectivity index (χ0) is 8.97. The summed E-state index contributed by atoms with van der Waals surface area (Å²) < 4.78 is 0. The van der Waals surface area contributed by atoms with Crippen LogP contribution in [0.2, 0.25) is 0 Å². The highest BCUT2D eigenvalue weighted by Crippen LogP contribution is 2.15. The fraction of sp³-hybridized carbons (Fsp3) is 0.375. The van der Waals surface area contributed by atoms with Crippen LogP contribution in [0.4, 0.5) is 0 Å². The molecule has 2 aromatic heterocycles. The third kappa shape index (κ3) is 1.76. The minimum Gasteiger partial charge on any atom is -0.240 e. The van der Waals surface area contributed by atoms with Gasteiger partial charge in [-0.25, -0.2) is 15.0 Å². The first kappa shape index (κ1) is 9.06. The van der Waals surface area contributed by atoms with Crippen LogP contribution >= 0.6 is 11.3 Å². The van der Waals surface area contributed by atoms with Gasteiger partial charge in [0.05, 0.1) is 5.01 Å². The highest BCUT2D eigenvalue weighted by atomic mass is 32.1. The topological polar surface area (TPSA) is 38.7 Å². The third-order valence-electron chi connectivity index (χ3n) is 1.15.